The number of carbonyl (C=O) groups is 1. The zero-order valence-electron chi connectivity index (χ0n) is 16.0. The molecular formula is C21H26Cl2FN3O2. The Hall–Kier alpha value is -1.86. The lowest BCUT2D eigenvalue weighted by Crippen LogP contribution is -2.38. The van der Waals surface area contributed by atoms with Gasteiger partial charge < -0.3 is 20.7 Å². The van der Waals surface area contributed by atoms with Gasteiger partial charge in [-0.3, -0.25) is 4.79 Å². The standard InChI is InChI=1S/C21H24FN3O2.2ClH/c22-18-6-5-16(27-15-3-1-14(2-4-15)7-10-23)13-17(18)21(26)25-12-9-19-20(25)8-11-24-19;;/h1-6,13,19-20,24H,7-12,23H2;2*1H/t19-,20-;;/m0../s1. The fourth-order valence-electron chi connectivity index (χ4n) is 4.03. The number of carbonyl (C=O) groups excluding carboxylic acids is 1. The van der Waals surface area contributed by atoms with Crippen molar-refractivity contribution in [2.45, 2.75) is 31.3 Å². The van der Waals surface area contributed by atoms with Crippen LogP contribution in [-0.2, 0) is 6.42 Å². The molecule has 158 valence electrons. The van der Waals surface area contributed by atoms with Crippen LogP contribution in [0.2, 0.25) is 0 Å². The summed E-state index contributed by atoms with van der Waals surface area (Å²) in [6, 6.07) is 12.5. The number of hydrogen-bond acceptors (Lipinski definition) is 4. The van der Waals surface area contributed by atoms with E-state index in [0.717, 1.165) is 31.4 Å². The Morgan fingerprint density at radius 1 is 1.14 bits per heavy atom. The number of nitrogens with zero attached hydrogens (tertiary/aromatic N) is 1. The van der Waals surface area contributed by atoms with Crippen LogP contribution in [0.15, 0.2) is 42.5 Å². The smallest absolute Gasteiger partial charge is 0.257 e. The highest BCUT2D eigenvalue weighted by Crippen LogP contribution is 2.29. The third kappa shape index (κ3) is 5.01. The van der Waals surface area contributed by atoms with E-state index >= 15 is 0 Å². The summed E-state index contributed by atoms with van der Waals surface area (Å²) in [5.74, 6) is 0.320. The first-order chi connectivity index (χ1) is 13.2. The predicted octanol–water partition coefficient (Wildman–Crippen LogP) is 3.54. The average Bonchev–Trinajstić information content (AvgIpc) is 3.28. The van der Waals surface area contributed by atoms with Crippen LogP contribution in [0.3, 0.4) is 0 Å². The predicted molar refractivity (Wildman–Crippen MR) is 116 cm³/mol. The molecule has 0 aliphatic carbocycles. The van der Waals surface area contributed by atoms with Crippen molar-refractivity contribution in [2.75, 3.05) is 19.6 Å². The molecule has 29 heavy (non-hydrogen) atoms. The molecular weight excluding hydrogens is 416 g/mol. The number of rotatable bonds is 5. The van der Waals surface area contributed by atoms with Gasteiger partial charge in [0, 0.05) is 18.6 Å². The largest absolute Gasteiger partial charge is 0.457 e. The lowest BCUT2D eigenvalue weighted by atomic mass is 10.1. The maximum absolute atomic E-state index is 14.4. The van der Waals surface area contributed by atoms with E-state index in [9.17, 15) is 9.18 Å². The third-order valence-electron chi connectivity index (χ3n) is 5.41. The first kappa shape index (κ1) is 23.4. The van der Waals surface area contributed by atoms with Gasteiger partial charge in [-0.15, -0.1) is 24.8 Å². The Kier molecular flexibility index (Phi) is 8.28. The molecule has 8 heteroatoms. The number of hydrogen-bond donors (Lipinski definition) is 2. The highest BCUT2D eigenvalue weighted by molar-refractivity contribution is 5.95. The number of nitrogens with one attached hydrogen (secondary N) is 1. The molecule has 0 spiro atoms. The zero-order valence-corrected chi connectivity index (χ0v) is 17.6. The lowest BCUT2D eigenvalue weighted by Gasteiger charge is -2.23. The molecule has 4 rings (SSSR count). The Morgan fingerprint density at radius 2 is 1.86 bits per heavy atom. The minimum absolute atomic E-state index is 0. The molecule has 5 nitrogen and oxygen atoms in total. The number of likely N-dealkylation sites (tertiary alicyclic amines) is 1. The number of nitrogens with two attached hydrogens (primary N) is 1. The SMILES string of the molecule is Cl.Cl.NCCc1ccc(Oc2ccc(F)c(C(=O)N3CC[C@@H]4NCC[C@@H]43)c2)cc1. The third-order valence-corrected chi connectivity index (χ3v) is 5.41. The van der Waals surface area contributed by atoms with E-state index in [-0.39, 0.29) is 42.3 Å². The Bertz CT molecular complexity index is 835. The van der Waals surface area contributed by atoms with E-state index in [0.29, 0.717) is 30.6 Å². The summed E-state index contributed by atoms with van der Waals surface area (Å²) < 4.78 is 20.2. The number of amides is 1. The van der Waals surface area contributed by atoms with Gasteiger partial charge >= 0.3 is 0 Å². The van der Waals surface area contributed by atoms with Crippen molar-refractivity contribution in [3.63, 3.8) is 0 Å². The average molecular weight is 442 g/mol. The molecule has 2 aliphatic heterocycles. The maximum atomic E-state index is 14.4. The Labute approximate surface area is 182 Å². The van der Waals surface area contributed by atoms with Crippen molar-refractivity contribution in [3.8, 4) is 11.5 Å². The fraction of sp³-hybridized carbons (Fsp3) is 0.381. The zero-order chi connectivity index (χ0) is 18.8. The molecule has 2 saturated heterocycles. The van der Waals surface area contributed by atoms with Crippen molar-refractivity contribution < 1.29 is 13.9 Å². The van der Waals surface area contributed by atoms with Gasteiger partial charge in [0.15, 0.2) is 0 Å². The summed E-state index contributed by atoms with van der Waals surface area (Å²) in [7, 11) is 0. The van der Waals surface area contributed by atoms with Gasteiger partial charge in [0.05, 0.1) is 5.56 Å². The Balaban J connectivity index is 0.00000150. The van der Waals surface area contributed by atoms with Crippen LogP contribution in [0.1, 0.15) is 28.8 Å². The second-order valence-electron chi connectivity index (χ2n) is 7.13. The molecule has 2 atom stereocenters. The second kappa shape index (κ2) is 10.3. The van der Waals surface area contributed by atoms with Crippen molar-refractivity contribution in [1.29, 1.82) is 0 Å². The van der Waals surface area contributed by atoms with Crippen molar-refractivity contribution in [1.82, 2.24) is 10.2 Å². The van der Waals surface area contributed by atoms with Gasteiger partial charge in [-0.1, -0.05) is 12.1 Å². The quantitative estimate of drug-likeness (QED) is 0.744. The summed E-state index contributed by atoms with van der Waals surface area (Å²) in [6.07, 6.45) is 2.65. The van der Waals surface area contributed by atoms with Gasteiger partial charge in [0.2, 0.25) is 0 Å². The van der Waals surface area contributed by atoms with Crippen LogP contribution in [0.4, 0.5) is 4.39 Å². The van der Waals surface area contributed by atoms with Crippen LogP contribution in [0, 0.1) is 5.82 Å². The molecule has 2 heterocycles. The number of ether oxygens (including phenoxy) is 1. The van der Waals surface area contributed by atoms with Gasteiger partial charge in [0.1, 0.15) is 17.3 Å². The number of halogens is 3. The molecule has 2 aliphatic rings. The van der Waals surface area contributed by atoms with Crippen LogP contribution >= 0.6 is 24.8 Å². The summed E-state index contributed by atoms with van der Waals surface area (Å²) in [5, 5.41) is 3.41. The van der Waals surface area contributed by atoms with E-state index in [1.54, 1.807) is 11.0 Å². The first-order valence-electron chi connectivity index (χ1n) is 9.46. The topological polar surface area (TPSA) is 67.6 Å². The van der Waals surface area contributed by atoms with E-state index < -0.39 is 5.82 Å². The summed E-state index contributed by atoms with van der Waals surface area (Å²) in [4.78, 5) is 14.7. The molecule has 2 aromatic carbocycles. The summed E-state index contributed by atoms with van der Waals surface area (Å²) in [5.41, 5.74) is 6.76. The lowest BCUT2D eigenvalue weighted by molar-refractivity contribution is 0.0732. The maximum Gasteiger partial charge on any atom is 0.257 e. The number of fused-ring (bicyclic) bond motifs is 1. The van der Waals surface area contributed by atoms with Crippen molar-refractivity contribution in [2.24, 2.45) is 5.73 Å². The van der Waals surface area contributed by atoms with E-state index in [2.05, 4.69) is 5.32 Å². The number of benzene rings is 2. The van der Waals surface area contributed by atoms with Gasteiger partial charge in [0.25, 0.3) is 5.91 Å². The second-order valence-corrected chi connectivity index (χ2v) is 7.13. The monoisotopic (exact) mass is 441 g/mol. The normalized spacial score (nSPS) is 19.9. The molecule has 0 radical (unpaired) electrons. The van der Waals surface area contributed by atoms with E-state index in [4.69, 9.17) is 10.5 Å². The minimum Gasteiger partial charge on any atom is -0.457 e. The van der Waals surface area contributed by atoms with Crippen molar-refractivity contribution in [3.05, 3.63) is 59.4 Å². The molecule has 0 saturated carbocycles. The highest BCUT2D eigenvalue weighted by Gasteiger charge is 2.40. The van der Waals surface area contributed by atoms with Crippen LogP contribution in [0.5, 0.6) is 11.5 Å². The molecule has 3 N–H and O–H groups in total. The van der Waals surface area contributed by atoms with Crippen LogP contribution in [-0.4, -0.2) is 42.5 Å². The summed E-state index contributed by atoms with van der Waals surface area (Å²) >= 11 is 0. The minimum atomic E-state index is -0.514. The van der Waals surface area contributed by atoms with Gasteiger partial charge in [-0.2, -0.15) is 0 Å². The molecule has 0 unspecified atom stereocenters. The highest BCUT2D eigenvalue weighted by atomic mass is 35.5. The van der Waals surface area contributed by atoms with E-state index in [1.165, 1.54) is 12.1 Å². The molecule has 2 fully saturated rings. The van der Waals surface area contributed by atoms with Crippen LogP contribution in [0.25, 0.3) is 0 Å². The van der Waals surface area contributed by atoms with Crippen LogP contribution < -0.4 is 15.8 Å². The van der Waals surface area contributed by atoms with Crippen molar-refractivity contribution >= 4 is 30.7 Å². The molecule has 1 amide bonds. The van der Waals surface area contributed by atoms with Gasteiger partial charge in [-0.25, -0.2) is 4.39 Å². The molecule has 2 aromatic rings. The molecule has 0 bridgehead atoms. The Morgan fingerprint density at radius 3 is 2.59 bits per heavy atom. The fourth-order valence-corrected chi connectivity index (χ4v) is 4.03. The first-order valence-corrected chi connectivity index (χ1v) is 9.46. The van der Waals surface area contributed by atoms with Gasteiger partial charge in [-0.05, 0) is 68.2 Å². The summed E-state index contributed by atoms with van der Waals surface area (Å²) in [6.45, 7) is 2.16. The van der Waals surface area contributed by atoms with E-state index in [1.807, 2.05) is 24.3 Å². The molecule has 0 aromatic heterocycles.